The molecule has 1 saturated heterocycles. The van der Waals surface area contributed by atoms with E-state index in [1.165, 1.54) is 11.9 Å². The first-order valence-corrected chi connectivity index (χ1v) is 3.87. The number of rotatable bonds is 0. The van der Waals surface area contributed by atoms with Crippen molar-refractivity contribution in [1.29, 1.82) is 0 Å². The molecule has 1 heterocycles. The van der Waals surface area contributed by atoms with E-state index < -0.39 is 0 Å². The Morgan fingerprint density at radius 1 is 1.80 bits per heavy atom. The van der Waals surface area contributed by atoms with Crippen LogP contribution in [0, 0.1) is 5.44 Å². The van der Waals surface area contributed by atoms with Gasteiger partial charge in [0.05, 0.1) is 0 Å². The predicted octanol–water partition coefficient (Wildman–Crippen LogP) is -0.169. The maximum absolute atomic E-state index is 3.12. The molecule has 0 saturated carbocycles. The molecule has 0 aliphatic carbocycles. The normalized spacial score (nSPS) is 24.0. The van der Waals surface area contributed by atoms with Crippen molar-refractivity contribution in [2.24, 2.45) is 0 Å². The van der Waals surface area contributed by atoms with E-state index in [4.69, 9.17) is 0 Å². The van der Waals surface area contributed by atoms with Gasteiger partial charge in [0, 0.05) is 0 Å². The molecule has 0 aromatic carbocycles. The SMILES string of the molecule is [CH]1NCC[Se]1. The first kappa shape index (κ1) is 3.66. The first-order valence-electron chi connectivity index (χ1n) is 1.67. The molecule has 1 radical (unpaired) electrons. The second-order valence-electron chi connectivity index (χ2n) is 0.943. The van der Waals surface area contributed by atoms with Crippen molar-refractivity contribution in [3.8, 4) is 0 Å². The van der Waals surface area contributed by atoms with Gasteiger partial charge < -0.3 is 0 Å². The second kappa shape index (κ2) is 1.81. The Morgan fingerprint density at radius 3 is 3.00 bits per heavy atom. The standard InChI is InChI=1S/C3H6NSe/c1-2-5-3-4-1/h3-4H,1-2H2. The molecule has 0 aromatic heterocycles. The van der Waals surface area contributed by atoms with E-state index in [9.17, 15) is 0 Å². The van der Waals surface area contributed by atoms with Gasteiger partial charge in [0.25, 0.3) is 0 Å². The molecule has 1 rings (SSSR count). The van der Waals surface area contributed by atoms with E-state index in [1.54, 1.807) is 0 Å². The zero-order valence-corrected chi connectivity index (χ0v) is 4.61. The summed E-state index contributed by atoms with van der Waals surface area (Å²) in [6.45, 7) is 1.22. The van der Waals surface area contributed by atoms with Crippen molar-refractivity contribution in [2.45, 2.75) is 5.32 Å². The monoisotopic (exact) mass is 136 g/mol. The van der Waals surface area contributed by atoms with E-state index in [2.05, 4.69) is 10.8 Å². The Morgan fingerprint density at radius 2 is 2.80 bits per heavy atom. The average Bonchev–Trinajstić information content (AvgIpc) is 1.76. The van der Waals surface area contributed by atoms with Crippen molar-refractivity contribution in [1.82, 2.24) is 5.32 Å². The molecule has 1 fully saturated rings. The molecule has 1 N–H and O–H groups in total. The minimum absolute atomic E-state index is 0.833. The van der Waals surface area contributed by atoms with Crippen molar-refractivity contribution in [2.75, 3.05) is 6.54 Å². The van der Waals surface area contributed by atoms with Crippen LogP contribution in [-0.2, 0) is 0 Å². The zero-order valence-electron chi connectivity index (χ0n) is 2.90. The molecule has 0 amide bonds. The molecule has 1 nitrogen and oxygen atoms in total. The Labute approximate surface area is 38.3 Å². The Bertz CT molecular complexity index is 18.5. The maximum atomic E-state index is 3.12. The molecule has 0 unspecified atom stereocenters. The van der Waals surface area contributed by atoms with Crippen molar-refractivity contribution in [3.05, 3.63) is 5.44 Å². The third-order valence-electron chi connectivity index (χ3n) is 0.531. The minimum atomic E-state index is 0.833. The van der Waals surface area contributed by atoms with Crippen molar-refractivity contribution < 1.29 is 0 Å². The van der Waals surface area contributed by atoms with Crippen molar-refractivity contribution in [3.63, 3.8) is 0 Å². The van der Waals surface area contributed by atoms with Gasteiger partial charge >= 0.3 is 37.6 Å². The third-order valence-corrected chi connectivity index (χ3v) is 2.15. The molecular formula is C3H6NSe. The van der Waals surface area contributed by atoms with Crippen LogP contribution < -0.4 is 5.32 Å². The van der Waals surface area contributed by atoms with E-state index >= 15 is 0 Å². The fourth-order valence-corrected chi connectivity index (χ4v) is 1.53. The van der Waals surface area contributed by atoms with Crippen LogP contribution in [0.1, 0.15) is 0 Å². The summed E-state index contributed by atoms with van der Waals surface area (Å²) < 4.78 is 0. The molecule has 2 heteroatoms. The first-order chi connectivity index (χ1) is 2.50. The van der Waals surface area contributed by atoms with E-state index in [1.807, 2.05) is 0 Å². The number of hydrogen-bond donors (Lipinski definition) is 1. The summed E-state index contributed by atoms with van der Waals surface area (Å²) in [6, 6.07) is 0. The zero-order chi connectivity index (χ0) is 3.54. The summed E-state index contributed by atoms with van der Waals surface area (Å²) >= 11 is 0.833. The fraction of sp³-hybridized carbons (Fsp3) is 0.667. The number of hydrogen-bond acceptors (Lipinski definition) is 1. The van der Waals surface area contributed by atoms with Crippen LogP contribution in [0.15, 0.2) is 0 Å². The van der Waals surface area contributed by atoms with E-state index in [0.717, 1.165) is 15.0 Å². The molecule has 0 spiro atoms. The Hall–Kier alpha value is 0.479. The van der Waals surface area contributed by atoms with E-state index in [-0.39, 0.29) is 0 Å². The molecule has 0 bridgehead atoms. The third kappa shape index (κ3) is 0.917. The van der Waals surface area contributed by atoms with Gasteiger partial charge in [0.2, 0.25) is 0 Å². The Kier molecular flexibility index (Phi) is 1.32. The van der Waals surface area contributed by atoms with Gasteiger partial charge in [-0.3, -0.25) is 0 Å². The molecular weight excluding hydrogens is 129 g/mol. The summed E-state index contributed by atoms with van der Waals surface area (Å²) in [7, 11) is 0. The molecule has 1 aliphatic rings. The van der Waals surface area contributed by atoms with Gasteiger partial charge in [-0.2, -0.15) is 0 Å². The fourth-order valence-electron chi connectivity index (χ4n) is 0.295. The summed E-state index contributed by atoms with van der Waals surface area (Å²) in [4.78, 5) is 0. The Balaban J connectivity index is 2.08. The summed E-state index contributed by atoms with van der Waals surface area (Å²) in [5.74, 6) is 0. The molecule has 0 atom stereocenters. The van der Waals surface area contributed by atoms with Crippen LogP contribution in [0.25, 0.3) is 0 Å². The second-order valence-corrected chi connectivity index (χ2v) is 2.99. The topological polar surface area (TPSA) is 12.0 Å². The van der Waals surface area contributed by atoms with Gasteiger partial charge in [-0.15, -0.1) is 0 Å². The summed E-state index contributed by atoms with van der Waals surface area (Å²) in [5, 5.41) is 4.52. The van der Waals surface area contributed by atoms with E-state index in [0.29, 0.717) is 0 Å². The molecule has 1 aliphatic heterocycles. The van der Waals surface area contributed by atoms with Crippen LogP contribution in [0.2, 0.25) is 5.32 Å². The van der Waals surface area contributed by atoms with Gasteiger partial charge in [-0.05, 0) is 0 Å². The van der Waals surface area contributed by atoms with Gasteiger partial charge in [-0.25, -0.2) is 0 Å². The van der Waals surface area contributed by atoms with Crippen LogP contribution in [-0.4, -0.2) is 21.5 Å². The van der Waals surface area contributed by atoms with Gasteiger partial charge in [0.1, 0.15) is 0 Å². The predicted molar refractivity (Wildman–Crippen MR) is 22.9 cm³/mol. The summed E-state index contributed by atoms with van der Waals surface area (Å²) in [6.07, 6.45) is 0. The van der Waals surface area contributed by atoms with Crippen LogP contribution in [0.3, 0.4) is 0 Å². The molecule has 29 valence electrons. The van der Waals surface area contributed by atoms with Gasteiger partial charge in [0.15, 0.2) is 0 Å². The van der Waals surface area contributed by atoms with Gasteiger partial charge in [-0.1, -0.05) is 0 Å². The molecule has 0 aromatic rings. The van der Waals surface area contributed by atoms with Crippen LogP contribution in [0.5, 0.6) is 0 Å². The quantitative estimate of drug-likeness (QED) is 0.455. The van der Waals surface area contributed by atoms with Crippen molar-refractivity contribution >= 4 is 15.0 Å². The van der Waals surface area contributed by atoms with Crippen LogP contribution in [0.4, 0.5) is 0 Å². The summed E-state index contributed by atoms with van der Waals surface area (Å²) in [5.41, 5.74) is 2.17. The average molecular weight is 135 g/mol. The molecule has 5 heavy (non-hydrogen) atoms. The van der Waals surface area contributed by atoms with Crippen LogP contribution >= 0.6 is 0 Å². The number of nitrogens with one attached hydrogen (secondary N) is 1.